The van der Waals surface area contributed by atoms with Gasteiger partial charge in [-0.1, -0.05) is 24.3 Å². The van der Waals surface area contributed by atoms with Crippen LogP contribution in [0.1, 0.15) is 34.5 Å². The lowest BCUT2D eigenvalue weighted by atomic mass is 9.94. The van der Waals surface area contributed by atoms with Crippen molar-refractivity contribution in [1.29, 1.82) is 0 Å². The monoisotopic (exact) mass is 348 g/mol. The van der Waals surface area contributed by atoms with Gasteiger partial charge in [0.1, 0.15) is 5.69 Å². The van der Waals surface area contributed by atoms with E-state index in [1.807, 2.05) is 0 Å². The Morgan fingerprint density at radius 1 is 0.962 bits per heavy atom. The number of fused-ring (bicyclic) bond motifs is 5. The van der Waals surface area contributed by atoms with Gasteiger partial charge >= 0.3 is 0 Å². The lowest BCUT2D eigenvalue weighted by Gasteiger charge is -2.36. The summed E-state index contributed by atoms with van der Waals surface area (Å²) in [7, 11) is 0. The van der Waals surface area contributed by atoms with E-state index in [2.05, 4.69) is 44.0 Å². The van der Waals surface area contributed by atoms with Crippen molar-refractivity contribution in [2.45, 2.75) is 37.8 Å². The largest absolute Gasteiger partial charge is 0.333 e. The van der Waals surface area contributed by atoms with Crippen LogP contribution in [0.15, 0.2) is 42.9 Å². The maximum Gasteiger partial charge on any atom is 0.274 e. The molecule has 0 N–H and O–H groups in total. The number of carbonyl (C=O) groups excluding carboxylic acids is 1. The van der Waals surface area contributed by atoms with Crippen LogP contribution >= 0.6 is 0 Å². The molecule has 3 saturated heterocycles. The predicted molar refractivity (Wildman–Crippen MR) is 98.8 cm³/mol. The van der Waals surface area contributed by atoms with E-state index in [4.69, 9.17) is 0 Å². The maximum atomic E-state index is 13.0. The number of carbonyl (C=O) groups is 1. The van der Waals surface area contributed by atoms with Crippen LogP contribution in [0, 0.1) is 5.92 Å². The summed E-state index contributed by atoms with van der Waals surface area (Å²) in [4.78, 5) is 26.0. The van der Waals surface area contributed by atoms with E-state index in [1.54, 1.807) is 18.6 Å². The van der Waals surface area contributed by atoms with Gasteiger partial charge in [0.2, 0.25) is 0 Å². The van der Waals surface area contributed by atoms with Crippen molar-refractivity contribution < 1.29 is 4.79 Å². The second-order valence-electron chi connectivity index (χ2n) is 7.93. The molecule has 5 heteroatoms. The third-order valence-corrected chi connectivity index (χ3v) is 6.33. The molecule has 6 rings (SSSR count). The van der Waals surface area contributed by atoms with Crippen LogP contribution in [-0.4, -0.2) is 57.4 Å². The molecule has 1 aromatic heterocycles. The molecule has 1 aromatic carbocycles. The third kappa shape index (κ3) is 2.80. The molecule has 0 spiro atoms. The Morgan fingerprint density at radius 3 is 2.50 bits per heavy atom. The number of nitrogens with zero attached hydrogens (tertiary/aromatic N) is 4. The van der Waals surface area contributed by atoms with Crippen molar-refractivity contribution in [1.82, 2.24) is 19.8 Å². The molecule has 0 radical (unpaired) electrons. The molecule has 2 bridgehead atoms. The summed E-state index contributed by atoms with van der Waals surface area (Å²) in [5, 5.41) is 0. The molecule has 0 unspecified atom stereocenters. The number of aromatic nitrogens is 2. The van der Waals surface area contributed by atoms with Crippen LogP contribution in [0.5, 0.6) is 0 Å². The van der Waals surface area contributed by atoms with Gasteiger partial charge in [-0.15, -0.1) is 0 Å². The van der Waals surface area contributed by atoms with Crippen molar-refractivity contribution in [3.8, 4) is 0 Å². The van der Waals surface area contributed by atoms with Gasteiger partial charge in [0, 0.05) is 44.1 Å². The summed E-state index contributed by atoms with van der Waals surface area (Å²) in [6.07, 6.45) is 9.43. The molecule has 134 valence electrons. The normalized spacial score (nSPS) is 25.9. The van der Waals surface area contributed by atoms with E-state index in [0.29, 0.717) is 23.7 Å². The van der Waals surface area contributed by atoms with Crippen molar-refractivity contribution in [3.05, 3.63) is 59.7 Å². The second kappa shape index (κ2) is 6.47. The Labute approximate surface area is 154 Å². The lowest BCUT2D eigenvalue weighted by molar-refractivity contribution is 0.0575. The minimum Gasteiger partial charge on any atom is -0.333 e. The zero-order valence-electron chi connectivity index (χ0n) is 14.9. The van der Waals surface area contributed by atoms with E-state index in [-0.39, 0.29) is 5.91 Å². The zero-order valence-corrected chi connectivity index (χ0v) is 14.9. The van der Waals surface area contributed by atoms with Crippen LogP contribution in [0.4, 0.5) is 0 Å². The molecule has 2 atom stereocenters. The fourth-order valence-corrected chi connectivity index (χ4v) is 5.02. The highest BCUT2D eigenvalue weighted by molar-refractivity contribution is 5.92. The summed E-state index contributed by atoms with van der Waals surface area (Å²) in [6, 6.07) is 9.72. The molecule has 2 aromatic rings. The Kier molecular flexibility index (Phi) is 3.97. The first kappa shape index (κ1) is 15.9. The van der Waals surface area contributed by atoms with Gasteiger partial charge in [0.25, 0.3) is 5.91 Å². The lowest BCUT2D eigenvalue weighted by Crippen LogP contribution is -2.48. The highest BCUT2D eigenvalue weighted by Crippen LogP contribution is 2.33. The van der Waals surface area contributed by atoms with Crippen LogP contribution in [-0.2, 0) is 12.8 Å². The molecule has 4 heterocycles. The first-order valence-electron chi connectivity index (χ1n) is 9.66. The van der Waals surface area contributed by atoms with E-state index in [1.165, 1.54) is 17.5 Å². The molecule has 3 aliphatic heterocycles. The third-order valence-electron chi connectivity index (χ3n) is 6.33. The van der Waals surface area contributed by atoms with Crippen molar-refractivity contribution in [3.63, 3.8) is 0 Å². The van der Waals surface area contributed by atoms with Gasteiger partial charge in [-0.2, -0.15) is 0 Å². The molecule has 5 nitrogen and oxygen atoms in total. The second-order valence-corrected chi connectivity index (χ2v) is 7.93. The maximum absolute atomic E-state index is 13.0. The Hall–Kier alpha value is -2.27. The average molecular weight is 348 g/mol. The SMILES string of the molecule is O=C(c1cnccn1)N1C[C@H]2CC[C@@H]1CN(C1Cc3ccccc3C1)C2. The zero-order chi connectivity index (χ0) is 17.5. The van der Waals surface area contributed by atoms with Gasteiger partial charge in [-0.25, -0.2) is 4.98 Å². The summed E-state index contributed by atoms with van der Waals surface area (Å²) >= 11 is 0. The van der Waals surface area contributed by atoms with Gasteiger partial charge in [0.15, 0.2) is 0 Å². The number of hydrogen-bond acceptors (Lipinski definition) is 4. The highest BCUT2D eigenvalue weighted by atomic mass is 16.2. The van der Waals surface area contributed by atoms with Crippen molar-refractivity contribution >= 4 is 5.91 Å². The molecule has 1 amide bonds. The first-order valence-corrected chi connectivity index (χ1v) is 9.66. The first-order chi connectivity index (χ1) is 12.8. The Balaban J connectivity index is 1.34. The summed E-state index contributed by atoms with van der Waals surface area (Å²) in [6.45, 7) is 2.96. The van der Waals surface area contributed by atoms with Gasteiger partial charge in [-0.3, -0.25) is 14.7 Å². The topological polar surface area (TPSA) is 49.3 Å². The molecule has 3 fully saturated rings. The van der Waals surface area contributed by atoms with E-state index < -0.39 is 0 Å². The van der Waals surface area contributed by atoms with E-state index in [9.17, 15) is 4.79 Å². The van der Waals surface area contributed by atoms with Gasteiger partial charge in [0.05, 0.1) is 6.20 Å². The molecular formula is C21H24N4O. The Bertz CT molecular complexity index is 784. The molecule has 0 saturated carbocycles. The fraction of sp³-hybridized carbons (Fsp3) is 0.476. The average Bonchev–Trinajstić information content (AvgIpc) is 2.91. The number of piperidine rings is 1. The number of benzene rings is 1. The number of rotatable bonds is 2. The van der Waals surface area contributed by atoms with Crippen molar-refractivity contribution in [2.75, 3.05) is 19.6 Å². The standard InChI is InChI=1S/C21H24N4O/c26-21(20-11-22-7-8-23-20)25-13-15-5-6-18(25)14-24(12-15)19-9-16-3-1-2-4-17(16)10-19/h1-4,7-8,11,15,18-19H,5-6,9-10,12-14H2/t15-,18+/m0/s1. The molecule has 4 aliphatic rings. The number of amides is 1. The highest BCUT2D eigenvalue weighted by Gasteiger charge is 2.40. The fourth-order valence-electron chi connectivity index (χ4n) is 5.02. The smallest absolute Gasteiger partial charge is 0.274 e. The summed E-state index contributed by atoms with van der Waals surface area (Å²) in [5.74, 6) is 0.613. The quantitative estimate of drug-likeness (QED) is 0.835. The number of hydrogen-bond donors (Lipinski definition) is 0. The van der Waals surface area contributed by atoms with Crippen molar-refractivity contribution in [2.24, 2.45) is 5.92 Å². The Morgan fingerprint density at radius 2 is 1.77 bits per heavy atom. The summed E-state index contributed by atoms with van der Waals surface area (Å²) < 4.78 is 0. The van der Waals surface area contributed by atoms with Crippen LogP contribution in [0.3, 0.4) is 0 Å². The van der Waals surface area contributed by atoms with Gasteiger partial charge < -0.3 is 4.90 Å². The van der Waals surface area contributed by atoms with E-state index in [0.717, 1.165) is 38.9 Å². The summed E-state index contributed by atoms with van der Waals surface area (Å²) in [5.41, 5.74) is 3.48. The minimum absolute atomic E-state index is 0.0457. The molecule has 26 heavy (non-hydrogen) atoms. The minimum atomic E-state index is 0.0457. The van der Waals surface area contributed by atoms with Crippen LogP contribution in [0.2, 0.25) is 0 Å². The predicted octanol–water partition coefficient (Wildman–Crippen LogP) is 2.18. The molecular weight excluding hydrogens is 324 g/mol. The molecule has 1 aliphatic carbocycles. The van der Waals surface area contributed by atoms with Crippen LogP contribution in [0.25, 0.3) is 0 Å². The van der Waals surface area contributed by atoms with E-state index >= 15 is 0 Å². The van der Waals surface area contributed by atoms with Crippen LogP contribution < -0.4 is 0 Å². The van der Waals surface area contributed by atoms with Gasteiger partial charge in [-0.05, 0) is 42.7 Å².